The minimum absolute atomic E-state index is 0.260. The number of nitrogens with two attached hydrogens (primary N) is 1. The highest BCUT2D eigenvalue weighted by atomic mass is 79.9. The molecule has 0 radical (unpaired) electrons. The molecule has 102 valence electrons. The molecule has 3 heteroatoms. The SMILES string of the molecule is CCC(CC)(CN)CN(C)Cc1ccccc1Br. The largest absolute Gasteiger partial charge is 0.330 e. The highest BCUT2D eigenvalue weighted by molar-refractivity contribution is 9.10. The predicted molar refractivity (Wildman–Crippen MR) is 82.5 cm³/mol. The third-order valence-electron chi connectivity index (χ3n) is 3.94. The molecule has 2 nitrogen and oxygen atoms in total. The first-order valence-electron chi connectivity index (χ1n) is 6.69. The van der Waals surface area contributed by atoms with Crippen molar-refractivity contribution in [3.8, 4) is 0 Å². The van der Waals surface area contributed by atoms with E-state index in [0.29, 0.717) is 0 Å². The van der Waals surface area contributed by atoms with E-state index in [1.807, 2.05) is 0 Å². The van der Waals surface area contributed by atoms with E-state index in [1.165, 1.54) is 10.0 Å². The summed E-state index contributed by atoms with van der Waals surface area (Å²) in [5.74, 6) is 0. The number of hydrogen-bond acceptors (Lipinski definition) is 2. The van der Waals surface area contributed by atoms with Crippen molar-refractivity contribution in [3.63, 3.8) is 0 Å². The van der Waals surface area contributed by atoms with Crippen LogP contribution in [0.3, 0.4) is 0 Å². The highest BCUT2D eigenvalue weighted by Gasteiger charge is 2.26. The first kappa shape index (κ1) is 15.7. The summed E-state index contributed by atoms with van der Waals surface area (Å²) in [6, 6.07) is 8.40. The molecule has 0 spiro atoms. The molecule has 0 aromatic heterocycles. The fourth-order valence-electron chi connectivity index (χ4n) is 2.37. The second-order valence-electron chi connectivity index (χ2n) is 5.17. The van der Waals surface area contributed by atoms with Gasteiger partial charge in [0.15, 0.2) is 0 Å². The summed E-state index contributed by atoms with van der Waals surface area (Å²) in [6.45, 7) is 7.26. The van der Waals surface area contributed by atoms with E-state index in [1.54, 1.807) is 0 Å². The van der Waals surface area contributed by atoms with Gasteiger partial charge in [-0.25, -0.2) is 0 Å². The van der Waals surface area contributed by atoms with Crippen LogP contribution in [0.1, 0.15) is 32.3 Å². The van der Waals surface area contributed by atoms with Gasteiger partial charge in [-0.1, -0.05) is 48.0 Å². The van der Waals surface area contributed by atoms with Gasteiger partial charge in [0, 0.05) is 17.6 Å². The molecule has 0 amide bonds. The van der Waals surface area contributed by atoms with Gasteiger partial charge in [-0.2, -0.15) is 0 Å². The zero-order valence-electron chi connectivity index (χ0n) is 11.7. The first-order valence-corrected chi connectivity index (χ1v) is 7.48. The summed E-state index contributed by atoms with van der Waals surface area (Å²) in [5.41, 5.74) is 7.56. The smallest absolute Gasteiger partial charge is 0.0242 e. The number of halogens is 1. The van der Waals surface area contributed by atoms with Crippen molar-refractivity contribution in [1.82, 2.24) is 4.90 Å². The van der Waals surface area contributed by atoms with E-state index < -0.39 is 0 Å². The molecule has 0 aliphatic carbocycles. The average Bonchev–Trinajstić information content (AvgIpc) is 2.39. The number of nitrogens with zero attached hydrogens (tertiary/aromatic N) is 1. The van der Waals surface area contributed by atoms with Gasteiger partial charge >= 0.3 is 0 Å². The summed E-state index contributed by atoms with van der Waals surface area (Å²) in [7, 11) is 2.18. The van der Waals surface area contributed by atoms with E-state index in [9.17, 15) is 0 Å². The van der Waals surface area contributed by atoms with E-state index >= 15 is 0 Å². The summed E-state index contributed by atoms with van der Waals surface area (Å²) in [5, 5.41) is 0. The molecule has 1 aromatic rings. The van der Waals surface area contributed by atoms with Gasteiger partial charge in [0.05, 0.1) is 0 Å². The van der Waals surface area contributed by atoms with Crippen LogP contribution in [0.15, 0.2) is 28.7 Å². The van der Waals surface area contributed by atoms with E-state index in [2.05, 4.69) is 66.0 Å². The van der Waals surface area contributed by atoms with Crippen LogP contribution >= 0.6 is 15.9 Å². The fraction of sp³-hybridized carbons (Fsp3) is 0.600. The summed E-state index contributed by atoms with van der Waals surface area (Å²) in [6.07, 6.45) is 2.28. The maximum atomic E-state index is 5.96. The summed E-state index contributed by atoms with van der Waals surface area (Å²) >= 11 is 3.60. The lowest BCUT2D eigenvalue weighted by Crippen LogP contribution is -2.40. The van der Waals surface area contributed by atoms with Crippen molar-refractivity contribution in [2.45, 2.75) is 33.2 Å². The monoisotopic (exact) mass is 312 g/mol. The van der Waals surface area contributed by atoms with Gasteiger partial charge in [-0.05, 0) is 43.5 Å². The van der Waals surface area contributed by atoms with Crippen LogP contribution in [0.5, 0.6) is 0 Å². The van der Waals surface area contributed by atoms with E-state index in [4.69, 9.17) is 5.73 Å². The lowest BCUT2D eigenvalue weighted by molar-refractivity contribution is 0.162. The first-order chi connectivity index (χ1) is 8.56. The highest BCUT2D eigenvalue weighted by Crippen LogP contribution is 2.27. The molecule has 0 saturated carbocycles. The Labute approximate surface area is 120 Å². The van der Waals surface area contributed by atoms with Crippen LogP contribution in [0, 0.1) is 5.41 Å². The maximum Gasteiger partial charge on any atom is 0.0242 e. The molecule has 2 N–H and O–H groups in total. The average molecular weight is 313 g/mol. The Hall–Kier alpha value is -0.380. The number of benzene rings is 1. The molecule has 0 heterocycles. The van der Waals surface area contributed by atoms with Crippen molar-refractivity contribution < 1.29 is 0 Å². The Kier molecular flexibility index (Phi) is 6.33. The molecule has 0 saturated heterocycles. The van der Waals surface area contributed by atoms with Crippen LogP contribution < -0.4 is 5.73 Å². The van der Waals surface area contributed by atoms with Crippen molar-refractivity contribution in [3.05, 3.63) is 34.3 Å². The molecular weight excluding hydrogens is 288 g/mol. The predicted octanol–water partition coefficient (Wildman–Crippen LogP) is 3.65. The zero-order chi connectivity index (χ0) is 13.6. The molecule has 0 atom stereocenters. The van der Waals surface area contributed by atoms with Crippen LogP contribution in [0.2, 0.25) is 0 Å². The second-order valence-corrected chi connectivity index (χ2v) is 6.03. The van der Waals surface area contributed by atoms with Crippen molar-refractivity contribution in [2.24, 2.45) is 11.1 Å². The van der Waals surface area contributed by atoms with Crippen LogP contribution in [-0.2, 0) is 6.54 Å². The molecule has 1 aromatic carbocycles. The Morgan fingerprint density at radius 3 is 2.33 bits per heavy atom. The van der Waals surface area contributed by atoms with Gasteiger partial charge in [-0.15, -0.1) is 0 Å². The second kappa shape index (κ2) is 7.27. The quantitative estimate of drug-likeness (QED) is 0.832. The molecule has 18 heavy (non-hydrogen) atoms. The Morgan fingerprint density at radius 2 is 1.83 bits per heavy atom. The summed E-state index contributed by atoms with van der Waals surface area (Å²) in [4.78, 5) is 2.37. The minimum atomic E-state index is 0.260. The lowest BCUT2D eigenvalue weighted by Gasteiger charge is -2.34. The third kappa shape index (κ3) is 4.08. The topological polar surface area (TPSA) is 29.3 Å². The minimum Gasteiger partial charge on any atom is -0.330 e. The normalized spacial score (nSPS) is 12.1. The molecule has 0 unspecified atom stereocenters. The van der Waals surface area contributed by atoms with Crippen molar-refractivity contribution in [2.75, 3.05) is 20.1 Å². The van der Waals surface area contributed by atoms with Crippen molar-refractivity contribution >= 4 is 15.9 Å². The van der Waals surface area contributed by atoms with Crippen LogP contribution in [0.4, 0.5) is 0 Å². The number of rotatable bonds is 7. The summed E-state index contributed by atoms with van der Waals surface area (Å²) < 4.78 is 1.18. The Morgan fingerprint density at radius 1 is 1.22 bits per heavy atom. The molecule has 0 aliphatic heterocycles. The molecule has 0 aliphatic rings. The third-order valence-corrected chi connectivity index (χ3v) is 4.71. The Balaban J connectivity index is 2.66. The van der Waals surface area contributed by atoms with E-state index in [-0.39, 0.29) is 5.41 Å². The van der Waals surface area contributed by atoms with Gasteiger partial charge in [0.25, 0.3) is 0 Å². The molecule has 0 fully saturated rings. The van der Waals surface area contributed by atoms with Gasteiger partial charge in [-0.3, -0.25) is 0 Å². The zero-order valence-corrected chi connectivity index (χ0v) is 13.3. The standard InChI is InChI=1S/C15H25BrN2/c1-4-15(5-2,11-17)12-18(3)10-13-8-6-7-9-14(13)16/h6-9H,4-5,10-12,17H2,1-3H3. The molecular formula is C15H25BrN2. The van der Waals surface area contributed by atoms with Crippen LogP contribution in [0.25, 0.3) is 0 Å². The van der Waals surface area contributed by atoms with E-state index in [0.717, 1.165) is 32.5 Å². The lowest BCUT2D eigenvalue weighted by atomic mass is 9.82. The fourth-order valence-corrected chi connectivity index (χ4v) is 2.78. The van der Waals surface area contributed by atoms with Gasteiger partial charge in [0.2, 0.25) is 0 Å². The van der Waals surface area contributed by atoms with Crippen LogP contribution in [-0.4, -0.2) is 25.0 Å². The molecule has 0 bridgehead atoms. The van der Waals surface area contributed by atoms with Gasteiger partial charge in [0.1, 0.15) is 0 Å². The maximum absolute atomic E-state index is 5.96. The van der Waals surface area contributed by atoms with Crippen molar-refractivity contribution in [1.29, 1.82) is 0 Å². The molecule has 1 rings (SSSR count). The Bertz CT molecular complexity index is 353. The van der Waals surface area contributed by atoms with Gasteiger partial charge < -0.3 is 10.6 Å². The number of hydrogen-bond donors (Lipinski definition) is 1.